The molecule has 4 heteroatoms. The summed E-state index contributed by atoms with van der Waals surface area (Å²) in [5.74, 6) is 0.684. The first-order valence-electron chi connectivity index (χ1n) is 5.95. The quantitative estimate of drug-likeness (QED) is 0.756. The van der Waals surface area contributed by atoms with Gasteiger partial charge in [0.15, 0.2) is 0 Å². The summed E-state index contributed by atoms with van der Waals surface area (Å²) in [7, 11) is 0. The second kappa shape index (κ2) is 6.36. The Morgan fingerprint density at radius 3 is 2.24 bits per heavy atom. The molecule has 0 heterocycles. The van der Waals surface area contributed by atoms with Crippen molar-refractivity contribution < 1.29 is 0 Å². The second-order valence-electron chi connectivity index (χ2n) is 4.65. The molecule has 1 aromatic carbocycles. The number of rotatable bonds is 5. The maximum atomic E-state index is 6.12. The molecule has 17 heavy (non-hydrogen) atoms. The summed E-state index contributed by atoms with van der Waals surface area (Å²) in [6, 6.07) is 3.76. The molecule has 2 nitrogen and oxygen atoms in total. The Kier molecular flexibility index (Phi) is 5.41. The monoisotopic (exact) mass is 274 g/mol. The van der Waals surface area contributed by atoms with Crippen LogP contribution in [0.4, 0.5) is 11.4 Å². The van der Waals surface area contributed by atoms with Gasteiger partial charge in [0.2, 0.25) is 0 Å². The maximum absolute atomic E-state index is 6.12. The minimum absolute atomic E-state index is 0.337. The minimum Gasteiger partial charge on any atom is -0.399 e. The number of hydrogen-bond acceptors (Lipinski definition) is 2. The van der Waals surface area contributed by atoms with Crippen molar-refractivity contribution in [2.24, 2.45) is 5.92 Å². The van der Waals surface area contributed by atoms with Crippen LogP contribution >= 0.6 is 23.2 Å². The Bertz CT molecular complexity index is 357. The van der Waals surface area contributed by atoms with E-state index < -0.39 is 0 Å². The first kappa shape index (κ1) is 14.5. The van der Waals surface area contributed by atoms with Crippen LogP contribution in [-0.2, 0) is 0 Å². The fraction of sp³-hybridized carbons (Fsp3) is 0.538. The Hall–Kier alpha value is -0.600. The van der Waals surface area contributed by atoms with Crippen LogP contribution < -0.4 is 11.1 Å². The molecule has 96 valence electrons. The highest BCUT2D eigenvalue weighted by molar-refractivity contribution is 6.39. The van der Waals surface area contributed by atoms with Crippen LogP contribution in [0, 0.1) is 5.92 Å². The van der Waals surface area contributed by atoms with Crippen LogP contribution in [0.5, 0.6) is 0 Å². The molecular formula is C13H20Cl2N2. The molecule has 2 atom stereocenters. The third kappa shape index (κ3) is 4.29. The number of benzene rings is 1. The van der Waals surface area contributed by atoms with E-state index in [1.54, 1.807) is 12.1 Å². The summed E-state index contributed by atoms with van der Waals surface area (Å²) in [6.07, 6.45) is 2.27. The van der Waals surface area contributed by atoms with Crippen molar-refractivity contribution in [3.05, 3.63) is 22.2 Å². The first-order valence-corrected chi connectivity index (χ1v) is 6.70. The van der Waals surface area contributed by atoms with E-state index in [4.69, 9.17) is 28.9 Å². The topological polar surface area (TPSA) is 38.0 Å². The van der Waals surface area contributed by atoms with Crippen LogP contribution in [0.2, 0.25) is 10.0 Å². The van der Waals surface area contributed by atoms with Gasteiger partial charge in [-0.25, -0.2) is 0 Å². The predicted molar refractivity (Wildman–Crippen MR) is 78.0 cm³/mol. The van der Waals surface area contributed by atoms with Crippen molar-refractivity contribution in [2.45, 2.75) is 39.7 Å². The van der Waals surface area contributed by atoms with Gasteiger partial charge < -0.3 is 11.1 Å². The summed E-state index contributed by atoms with van der Waals surface area (Å²) in [5.41, 5.74) is 7.02. The van der Waals surface area contributed by atoms with Crippen LogP contribution in [-0.4, -0.2) is 6.04 Å². The fourth-order valence-corrected chi connectivity index (χ4v) is 2.42. The molecule has 0 fully saturated rings. The molecule has 0 aliphatic rings. The smallest absolute Gasteiger partial charge is 0.0722 e. The highest BCUT2D eigenvalue weighted by Gasteiger charge is 2.12. The number of hydrogen-bond donors (Lipinski definition) is 2. The van der Waals surface area contributed by atoms with Crippen molar-refractivity contribution >= 4 is 34.6 Å². The summed E-state index contributed by atoms with van der Waals surface area (Å²) < 4.78 is 0. The molecule has 0 aliphatic carbocycles. The van der Waals surface area contributed by atoms with Gasteiger partial charge >= 0.3 is 0 Å². The van der Waals surface area contributed by atoms with E-state index in [9.17, 15) is 0 Å². The average Bonchev–Trinajstić information content (AvgIpc) is 2.23. The van der Waals surface area contributed by atoms with Crippen LogP contribution in [0.1, 0.15) is 33.6 Å². The van der Waals surface area contributed by atoms with Crippen LogP contribution in [0.25, 0.3) is 0 Å². The van der Waals surface area contributed by atoms with Gasteiger partial charge in [-0.05, 0) is 31.4 Å². The van der Waals surface area contributed by atoms with E-state index in [2.05, 4.69) is 26.1 Å². The molecule has 0 amide bonds. The lowest BCUT2D eigenvalue weighted by atomic mass is 10.0. The van der Waals surface area contributed by atoms with Gasteiger partial charge in [0.1, 0.15) is 0 Å². The summed E-state index contributed by atoms with van der Waals surface area (Å²) in [6.45, 7) is 6.57. The summed E-state index contributed by atoms with van der Waals surface area (Å²) in [5, 5.41) is 4.50. The molecule has 0 saturated heterocycles. The first-order chi connectivity index (χ1) is 7.93. The van der Waals surface area contributed by atoms with Crippen LogP contribution in [0.15, 0.2) is 12.1 Å². The van der Waals surface area contributed by atoms with E-state index in [0.717, 1.165) is 12.1 Å². The lowest BCUT2D eigenvalue weighted by molar-refractivity contribution is 0.484. The predicted octanol–water partition coefficient (Wildman–Crippen LogP) is 4.81. The summed E-state index contributed by atoms with van der Waals surface area (Å²) >= 11 is 12.2. The normalized spacial score (nSPS) is 14.4. The van der Waals surface area contributed by atoms with Crippen molar-refractivity contribution in [1.29, 1.82) is 0 Å². The van der Waals surface area contributed by atoms with Crippen molar-refractivity contribution in [1.82, 2.24) is 0 Å². The van der Waals surface area contributed by atoms with Crippen molar-refractivity contribution in [3.63, 3.8) is 0 Å². The lowest BCUT2D eigenvalue weighted by Crippen LogP contribution is -2.18. The lowest BCUT2D eigenvalue weighted by Gasteiger charge is -2.20. The molecule has 0 saturated carbocycles. The zero-order chi connectivity index (χ0) is 13.0. The molecule has 0 aromatic heterocycles. The highest BCUT2D eigenvalue weighted by Crippen LogP contribution is 2.33. The molecule has 0 spiro atoms. The van der Waals surface area contributed by atoms with Gasteiger partial charge in [-0.2, -0.15) is 0 Å². The zero-order valence-electron chi connectivity index (χ0n) is 10.6. The molecule has 3 N–H and O–H groups in total. The molecule has 0 aliphatic heterocycles. The van der Waals surface area contributed by atoms with Crippen LogP contribution in [0.3, 0.4) is 0 Å². The molecular weight excluding hydrogens is 255 g/mol. The van der Waals surface area contributed by atoms with E-state index in [1.165, 1.54) is 6.42 Å². The minimum atomic E-state index is 0.337. The second-order valence-corrected chi connectivity index (χ2v) is 5.47. The van der Waals surface area contributed by atoms with Gasteiger partial charge in [0.05, 0.1) is 15.7 Å². The Morgan fingerprint density at radius 1 is 1.24 bits per heavy atom. The van der Waals surface area contributed by atoms with Crippen molar-refractivity contribution in [2.75, 3.05) is 11.1 Å². The molecule has 2 unspecified atom stereocenters. The Morgan fingerprint density at radius 2 is 1.76 bits per heavy atom. The van der Waals surface area contributed by atoms with E-state index >= 15 is 0 Å². The average molecular weight is 275 g/mol. The highest BCUT2D eigenvalue weighted by atomic mass is 35.5. The van der Waals surface area contributed by atoms with Gasteiger partial charge in [-0.1, -0.05) is 43.5 Å². The Labute approximate surface area is 113 Å². The number of anilines is 2. The molecule has 1 aromatic rings. The molecule has 0 radical (unpaired) electrons. The molecule has 0 bridgehead atoms. The summed E-state index contributed by atoms with van der Waals surface area (Å²) in [4.78, 5) is 0. The number of halogens is 2. The largest absolute Gasteiger partial charge is 0.399 e. The van der Waals surface area contributed by atoms with E-state index in [0.29, 0.717) is 27.7 Å². The van der Waals surface area contributed by atoms with Crippen molar-refractivity contribution in [3.8, 4) is 0 Å². The Balaban J connectivity index is 2.74. The number of nitrogens with one attached hydrogen (secondary N) is 1. The number of nitrogens with two attached hydrogens (primary N) is 1. The van der Waals surface area contributed by atoms with Gasteiger partial charge in [0, 0.05) is 11.7 Å². The molecule has 1 rings (SSSR count). The third-order valence-corrected chi connectivity index (χ3v) is 3.50. The van der Waals surface area contributed by atoms with E-state index in [1.807, 2.05) is 0 Å². The SMILES string of the molecule is CCC(C)CC(C)Nc1c(Cl)cc(N)cc1Cl. The van der Waals surface area contributed by atoms with E-state index in [-0.39, 0.29) is 0 Å². The number of nitrogen functional groups attached to an aromatic ring is 1. The maximum Gasteiger partial charge on any atom is 0.0722 e. The van der Waals surface area contributed by atoms with Gasteiger partial charge in [0.25, 0.3) is 0 Å². The standard InChI is InChI=1S/C13H20Cl2N2/c1-4-8(2)5-9(3)17-13-11(14)6-10(16)7-12(13)15/h6-9,17H,4-5,16H2,1-3H3. The fourth-order valence-electron chi connectivity index (χ4n) is 1.81. The zero-order valence-corrected chi connectivity index (χ0v) is 12.1. The van der Waals surface area contributed by atoms with Gasteiger partial charge in [-0.15, -0.1) is 0 Å². The third-order valence-electron chi connectivity index (χ3n) is 2.91. The van der Waals surface area contributed by atoms with Gasteiger partial charge in [-0.3, -0.25) is 0 Å².